The molecule has 22 nitrogen and oxygen atoms in total. The second-order valence-corrected chi connectivity index (χ2v) is 21.6. The molecule has 0 bridgehead atoms. The highest BCUT2D eigenvalue weighted by Crippen LogP contribution is 2.40. The Morgan fingerprint density at radius 2 is 1.44 bits per heavy atom. The van der Waals surface area contributed by atoms with E-state index in [4.69, 9.17) is 24.9 Å². The monoisotopic (exact) mass is 1130 g/mol. The fraction of sp³-hybridized carbons (Fsp3) is 0.474. The molecule has 0 unspecified atom stereocenters. The number of esters is 2. The number of ether oxygens (including phenoxy) is 3. The van der Waals surface area contributed by atoms with Crippen LogP contribution >= 0.6 is 0 Å². The lowest BCUT2D eigenvalue weighted by Crippen LogP contribution is -2.55. The largest absolute Gasteiger partial charge is 0.469 e. The Balaban J connectivity index is 1.59. The molecule has 3 aromatic carbocycles. The molecule has 0 aliphatic heterocycles. The third-order valence-corrected chi connectivity index (χ3v) is 12.3. The number of methoxy groups -OCH3 is 1. The zero-order chi connectivity index (χ0) is 60.2. The first-order valence-corrected chi connectivity index (χ1v) is 26.4. The summed E-state index contributed by atoms with van der Waals surface area (Å²) >= 11 is 0. The molecule has 8 amide bonds. The smallest absolute Gasteiger partial charge is 0.408 e. The molecule has 4 atom stereocenters. The molecule has 0 aliphatic carbocycles. The zero-order valence-corrected chi connectivity index (χ0v) is 47.5. The molecule has 0 radical (unpaired) electrons. The summed E-state index contributed by atoms with van der Waals surface area (Å²) in [6.07, 6.45) is 0.193. The highest BCUT2D eigenvalue weighted by atomic mass is 19.1. The lowest BCUT2D eigenvalue weighted by atomic mass is 9.84. The number of primary amides is 1. The number of halogens is 2. The summed E-state index contributed by atoms with van der Waals surface area (Å²) in [5, 5.41) is 15.8. The average molecular weight is 1130 g/mol. The molecule has 4 aromatic rings. The molecule has 24 heteroatoms. The van der Waals surface area contributed by atoms with Crippen LogP contribution in [-0.2, 0) is 60.7 Å². The van der Waals surface area contributed by atoms with E-state index in [0.717, 1.165) is 30.7 Å². The van der Waals surface area contributed by atoms with Gasteiger partial charge in [-0.05, 0) is 92.8 Å². The topological polar surface area (TPSA) is 301 Å². The number of imidazole rings is 1. The van der Waals surface area contributed by atoms with Crippen LogP contribution in [0.25, 0.3) is 11.3 Å². The van der Waals surface area contributed by atoms with Gasteiger partial charge in [0, 0.05) is 57.0 Å². The van der Waals surface area contributed by atoms with Crippen LogP contribution in [0, 0.1) is 23.0 Å². The number of carbonyl (C=O) groups is 9. The van der Waals surface area contributed by atoms with Crippen molar-refractivity contribution in [1.29, 1.82) is 0 Å². The van der Waals surface area contributed by atoms with Crippen molar-refractivity contribution in [2.24, 2.45) is 17.1 Å². The molecule has 0 fully saturated rings. The van der Waals surface area contributed by atoms with Crippen molar-refractivity contribution in [3.8, 4) is 11.3 Å². The summed E-state index contributed by atoms with van der Waals surface area (Å²) in [5.74, 6) is -6.43. The van der Waals surface area contributed by atoms with Gasteiger partial charge in [-0.1, -0.05) is 77.1 Å². The maximum atomic E-state index is 15.4. The number of nitrogens with one attached hydrogen (secondary N) is 6. The predicted octanol–water partition coefficient (Wildman–Crippen LogP) is 5.57. The third-order valence-electron chi connectivity index (χ3n) is 12.3. The molecule has 4 rings (SSSR count). The lowest BCUT2D eigenvalue weighted by Gasteiger charge is -2.40. The molecular formula is C57H76F2N10O12. The minimum Gasteiger partial charge on any atom is -0.469 e. The maximum Gasteiger partial charge on any atom is 0.408 e. The number of nitrogens with two attached hydrogens (primary N) is 1. The minimum absolute atomic E-state index is 0.0130. The summed E-state index contributed by atoms with van der Waals surface area (Å²) in [7, 11) is 1.27. The van der Waals surface area contributed by atoms with Gasteiger partial charge in [0.2, 0.25) is 23.6 Å². The van der Waals surface area contributed by atoms with E-state index < -0.39 is 113 Å². The number of carbonyl (C=O) groups excluding carboxylic acids is 9. The van der Waals surface area contributed by atoms with Gasteiger partial charge < -0.3 is 61.3 Å². The van der Waals surface area contributed by atoms with Crippen molar-refractivity contribution in [2.75, 3.05) is 38.7 Å². The minimum atomic E-state index is -1.43. The number of hydrogen-bond acceptors (Lipinski definition) is 13. The quantitative estimate of drug-likeness (QED) is 0.0219. The van der Waals surface area contributed by atoms with Crippen LogP contribution in [0.2, 0.25) is 0 Å². The van der Waals surface area contributed by atoms with Crippen LogP contribution in [0.5, 0.6) is 0 Å². The van der Waals surface area contributed by atoms with Crippen LogP contribution in [0.3, 0.4) is 0 Å². The van der Waals surface area contributed by atoms with Crippen molar-refractivity contribution < 1.29 is 66.1 Å². The molecule has 440 valence electrons. The predicted molar refractivity (Wildman–Crippen MR) is 295 cm³/mol. The van der Waals surface area contributed by atoms with E-state index in [-0.39, 0.29) is 75.4 Å². The van der Waals surface area contributed by atoms with Crippen LogP contribution in [0.15, 0.2) is 79.0 Å². The summed E-state index contributed by atoms with van der Waals surface area (Å²) in [6.45, 7) is 13.7. The van der Waals surface area contributed by atoms with Crippen LogP contribution in [0.4, 0.5) is 24.1 Å². The first-order valence-electron chi connectivity index (χ1n) is 26.4. The molecule has 8 N–H and O–H groups in total. The zero-order valence-electron chi connectivity index (χ0n) is 47.5. The fourth-order valence-electron chi connectivity index (χ4n) is 8.43. The highest BCUT2D eigenvalue weighted by Gasteiger charge is 2.40. The van der Waals surface area contributed by atoms with E-state index in [0.29, 0.717) is 11.3 Å². The van der Waals surface area contributed by atoms with Gasteiger partial charge in [0.05, 0.1) is 25.3 Å². The molecule has 1 aromatic heterocycles. The first kappa shape index (κ1) is 65.1. The maximum absolute atomic E-state index is 15.4. The van der Waals surface area contributed by atoms with Crippen LogP contribution in [-0.4, -0.2) is 125 Å². The van der Waals surface area contributed by atoms with E-state index in [2.05, 4.69) is 31.9 Å². The fourth-order valence-corrected chi connectivity index (χ4v) is 8.43. The molecule has 0 saturated heterocycles. The van der Waals surface area contributed by atoms with Crippen LogP contribution < -0.4 is 37.6 Å². The number of urea groups is 1. The Bertz CT molecular complexity index is 2830. The molecule has 81 heavy (non-hydrogen) atoms. The van der Waals surface area contributed by atoms with E-state index >= 15 is 4.39 Å². The number of amides is 8. The van der Waals surface area contributed by atoms with Gasteiger partial charge in [-0.25, -0.2) is 23.4 Å². The van der Waals surface area contributed by atoms with Crippen LogP contribution in [0.1, 0.15) is 111 Å². The molecule has 0 aliphatic rings. The normalized spacial score (nSPS) is 12.9. The van der Waals surface area contributed by atoms with Gasteiger partial charge in [0.15, 0.2) is 6.61 Å². The van der Waals surface area contributed by atoms with Gasteiger partial charge in [-0.2, -0.15) is 0 Å². The van der Waals surface area contributed by atoms with Gasteiger partial charge >= 0.3 is 24.1 Å². The van der Waals surface area contributed by atoms with Crippen molar-refractivity contribution in [2.45, 2.75) is 131 Å². The first-order chi connectivity index (χ1) is 38.0. The Morgan fingerprint density at radius 1 is 0.778 bits per heavy atom. The van der Waals surface area contributed by atoms with Crippen molar-refractivity contribution in [1.82, 2.24) is 41.0 Å². The number of aromatic nitrogens is 2. The summed E-state index contributed by atoms with van der Waals surface area (Å²) in [4.78, 5) is 124. The van der Waals surface area contributed by atoms with Gasteiger partial charge in [-0.15, -0.1) is 0 Å². The number of nitrogens with zero attached hydrogens (tertiary/aromatic N) is 3. The van der Waals surface area contributed by atoms with Gasteiger partial charge in [-0.3, -0.25) is 33.6 Å². The van der Waals surface area contributed by atoms with Crippen molar-refractivity contribution >= 4 is 59.3 Å². The average Bonchev–Trinajstić information content (AvgIpc) is 3.79. The molecule has 0 saturated carbocycles. The Hall–Kier alpha value is -8.44. The Labute approximate surface area is 470 Å². The van der Waals surface area contributed by atoms with E-state index in [1.165, 1.54) is 12.0 Å². The lowest BCUT2D eigenvalue weighted by molar-refractivity contribution is -0.153. The molecule has 1 heterocycles. The standard InChI is InChI=1S/C57H76F2N10O12/c1-34(2)48(53(76)65-42(17-14-26-62-54(60)77)52(75)63-39-21-18-36(19-22-39)29-47(73)79-10)67-45(71)24-27-61-51(74)43(66-55(78)81-57(7,8)9)25-28-69(46(72)33-80-35(3)70)49(56(4,5)6)50-64-44(40-30-38(58)20-23-41(40)59)32-68(50)31-37-15-12-11-13-16-37/h11-13,15-16,18-23,30,32,34,42-43,48-49H,14,17,24-29,31,33H2,1-10H3,(H,61,74)(H,63,75)(H,65,76)(H,66,78)(H,67,71)(H3,60,62,77)/t42-,43-,48-,49-/m0/s1. The number of benzene rings is 3. The van der Waals surface area contributed by atoms with Crippen molar-refractivity contribution in [3.63, 3.8) is 0 Å². The second kappa shape index (κ2) is 30.2. The third kappa shape index (κ3) is 21.6. The van der Waals surface area contributed by atoms with Gasteiger partial charge in [0.1, 0.15) is 41.2 Å². The SMILES string of the molecule is COC(=O)Cc1ccc(NC(=O)[C@H](CCCNC(N)=O)NC(=O)[C@@H](NC(=O)CCNC(=O)[C@H](CCN(C(=O)COC(C)=O)[C@@H](c2nc(-c3cc(F)ccc3F)cn2Cc2ccccc2)C(C)(C)C)NC(=O)OC(C)(C)C)C(C)C)cc1. The Kier molecular flexibility index (Phi) is 24.3. The van der Waals surface area contributed by atoms with Crippen molar-refractivity contribution in [3.05, 3.63) is 108 Å². The summed E-state index contributed by atoms with van der Waals surface area (Å²) < 4.78 is 47.1. The Morgan fingerprint density at radius 3 is 2.05 bits per heavy atom. The van der Waals surface area contributed by atoms with E-state index in [1.54, 1.807) is 69.6 Å². The van der Waals surface area contributed by atoms with Gasteiger partial charge in [0.25, 0.3) is 5.91 Å². The summed E-state index contributed by atoms with van der Waals surface area (Å²) in [5.41, 5.74) is 5.01. The number of hydrogen-bond donors (Lipinski definition) is 7. The van der Waals surface area contributed by atoms with E-state index in [9.17, 15) is 47.5 Å². The number of rotatable bonds is 27. The number of anilines is 1. The molecule has 0 spiro atoms. The highest BCUT2D eigenvalue weighted by molar-refractivity contribution is 5.98. The van der Waals surface area contributed by atoms with E-state index in [1.807, 2.05) is 51.1 Å². The molecular weight excluding hydrogens is 1050 g/mol. The number of alkyl carbamates (subject to hydrolysis) is 1. The summed E-state index contributed by atoms with van der Waals surface area (Å²) in [6, 6.07) is 13.0. The second-order valence-electron chi connectivity index (χ2n) is 21.6.